The number of likely N-dealkylation sites (tertiary alicyclic amines) is 1. The number of hydrogen-bond acceptors (Lipinski definition) is 3. The van der Waals surface area contributed by atoms with E-state index in [2.05, 4.69) is 51.1 Å². The first-order chi connectivity index (χ1) is 11.8. The first-order valence-electron chi connectivity index (χ1n) is 9.56. The fourth-order valence-electron chi connectivity index (χ4n) is 4.61. The number of rotatable bonds is 4. The molecule has 1 saturated carbocycles. The van der Waals surface area contributed by atoms with Crippen LogP contribution in [-0.2, 0) is 9.53 Å². The predicted molar refractivity (Wildman–Crippen MR) is 108 cm³/mol. The monoisotopic (exact) mass is 380 g/mol. The zero-order valence-electron chi connectivity index (χ0n) is 16.4. The second-order valence-electron chi connectivity index (χ2n) is 8.38. The summed E-state index contributed by atoms with van der Waals surface area (Å²) in [6.45, 7) is 10.6. The van der Waals surface area contributed by atoms with Crippen LogP contribution in [0.15, 0.2) is 30.3 Å². The molecule has 0 spiro atoms. The van der Waals surface area contributed by atoms with Gasteiger partial charge in [0.1, 0.15) is 5.54 Å². The van der Waals surface area contributed by atoms with Crippen LogP contribution in [0.2, 0.25) is 0 Å². The summed E-state index contributed by atoms with van der Waals surface area (Å²) in [5.41, 5.74) is 6.86. The number of ether oxygens (including phenoxy) is 1. The maximum absolute atomic E-state index is 13.2. The third-order valence-corrected chi connectivity index (χ3v) is 6.63. The van der Waals surface area contributed by atoms with Gasteiger partial charge in [-0.1, -0.05) is 51.1 Å². The lowest BCUT2D eigenvalue weighted by atomic mass is 9.54. The van der Waals surface area contributed by atoms with Gasteiger partial charge in [0.25, 0.3) is 0 Å². The lowest BCUT2D eigenvalue weighted by molar-refractivity contribution is -0.180. The van der Waals surface area contributed by atoms with E-state index in [0.29, 0.717) is 24.9 Å². The van der Waals surface area contributed by atoms with Gasteiger partial charge in [0.05, 0.1) is 6.10 Å². The van der Waals surface area contributed by atoms with Gasteiger partial charge in [-0.2, -0.15) is 0 Å². The molecule has 1 heterocycles. The highest BCUT2D eigenvalue weighted by Crippen LogP contribution is 2.51. The van der Waals surface area contributed by atoms with Crippen LogP contribution in [0.4, 0.5) is 0 Å². The van der Waals surface area contributed by atoms with Gasteiger partial charge in [-0.05, 0) is 30.7 Å². The normalized spacial score (nSPS) is 33.1. The van der Waals surface area contributed by atoms with Crippen molar-refractivity contribution in [1.29, 1.82) is 0 Å². The summed E-state index contributed by atoms with van der Waals surface area (Å²) in [5, 5.41) is 0. The molecule has 1 amide bonds. The molecule has 26 heavy (non-hydrogen) atoms. The molecule has 2 aliphatic rings. The van der Waals surface area contributed by atoms with Gasteiger partial charge in [0.15, 0.2) is 0 Å². The first-order valence-corrected chi connectivity index (χ1v) is 9.56. The van der Waals surface area contributed by atoms with Crippen molar-refractivity contribution in [2.45, 2.75) is 58.1 Å². The fraction of sp³-hybridized carbons (Fsp3) is 0.667. The highest BCUT2D eigenvalue weighted by atomic mass is 35.5. The molecule has 1 aromatic rings. The summed E-state index contributed by atoms with van der Waals surface area (Å²) in [7, 11) is 0. The molecule has 1 aromatic carbocycles. The molecule has 2 N–H and O–H groups in total. The van der Waals surface area contributed by atoms with Crippen LogP contribution in [0.5, 0.6) is 0 Å². The summed E-state index contributed by atoms with van der Waals surface area (Å²) >= 11 is 0. The molecule has 0 aromatic heterocycles. The minimum atomic E-state index is -0.799. The molecule has 1 saturated heterocycles. The molecule has 0 radical (unpaired) electrons. The van der Waals surface area contributed by atoms with Crippen LogP contribution in [0, 0.1) is 11.3 Å². The van der Waals surface area contributed by atoms with Gasteiger partial charge >= 0.3 is 0 Å². The van der Waals surface area contributed by atoms with Crippen molar-refractivity contribution in [2.24, 2.45) is 17.1 Å². The molecule has 1 aliphatic heterocycles. The third-order valence-electron chi connectivity index (χ3n) is 6.63. The van der Waals surface area contributed by atoms with Crippen LogP contribution in [0.1, 0.15) is 52.0 Å². The van der Waals surface area contributed by atoms with Gasteiger partial charge in [-0.3, -0.25) is 4.79 Å². The minimum absolute atomic E-state index is 0. The average Bonchev–Trinajstić information content (AvgIpc) is 2.61. The van der Waals surface area contributed by atoms with Crippen molar-refractivity contribution in [1.82, 2.24) is 4.90 Å². The lowest BCUT2D eigenvalue weighted by Gasteiger charge is -2.59. The Morgan fingerprint density at radius 3 is 2.50 bits per heavy atom. The third kappa shape index (κ3) is 3.39. The quantitative estimate of drug-likeness (QED) is 0.868. The Labute approximate surface area is 163 Å². The van der Waals surface area contributed by atoms with E-state index in [1.807, 2.05) is 11.8 Å². The molecular formula is C21H33ClN2O2. The number of piperidine rings is 1. The average molecular weight is 381 g/mol. The molecule has 3 rings (SSSR count). The maximum Gasteiger partial charge on any atom is 0.243 e. The zero-order valence-corrected chi connectivity index (χ0v) is 17.2. The zero-order chi connectivity index (χ0) is 18.2. The van der Waals surface area contributed by atoms with E-state index >= 15 is 0 Å². The Bertz CT molecular complexity index is 622. The van der Waals surface area contributed by atoms with E-state index < -0.39 is 5.54 Å². The van der Waals surface area contributed by atoms with E-state index in [1.165, 1.54) is 5.56 Å². The molecule has 146 valence electrons. The van der Waals surface area contributed by atoms with Gasteiger partial charge < -0.3 is 15.4 Å². The van der Waals surface area contributed by atoms with Crippen LogP contribution in [0.3, 0.4) is 0 Å². The Hall–Kier alpha value is -1.10. The number of amides is 1. The topological polar surface area (TPSA) is 55.6 Å². The Morgan fingerprint density at radius 2 is 1.96 bits per heavy atom. The SMILES string of the molecule is CCOC1CC(N)(C(=O)N2CCC(c3ccccc3)C(C)C2)C1(C)C.Cl. The fourth-order valence-corrected chi connectivity index (χ4v) is 4.61. The molecular weight excluding hydrogens is 348 g/mol. The van der Waals surface area contributed by atoms with Gasteiger partial charge in [0, 0.05) is 31.5 Å². The Balaban J connectivity index is 0.00000243. The van der Waals surface area contributed by atoms with E-state index in [4.69, 9.17) is 10.5 Å². The first kappa shape index (κ1) is 21.2. The van der Waals surface area contributed by atoms with Gasteiger partial charge in [0.2, 0.25) is 5.91 Å². The van der Waals surface area contributed by atoms with Gasteiger partial charge in [-0.25, -0.2) is 0 Å². The van der Waals surface area contributed by atoms with E-state index in [1.54, 1.807) is 0 Å². The number of carbonyl (C=O) groups excluding carboxylic acids is 1. The van der Waals surface area contributed by atoms with Crippen LogP contribution >= 0.6 is 12.4 Å². The molecule has 1 aliphatic carbocycles. The Kier molecular flexibility index (Phi) is 6.42. The largest absolute Gasteiger partial charge is 0.378 e. The molecule has 4 nitrogen and oxygen atoms in total. The van der Waals surface area contributed by atoms with Crippen molar-refractivity contribution >= 4 is 18.3 Å². The van der Waals surface area contributed by atoms with Crippen molar-refractivity contribution < 1.29 is 9.53 Å². The number of carbonyl (C=O) groups is 1. The van der Waals surface area contributed by atoms with Crippen LogP contribution in [-0.4, -0.2) is 42.1 Å². The molecule has 4 unspecified atom stereocenters. The second kappa shape index (κ2) is 7.87. The highest BCUT2D eigenvalue weighted by molar-refractivity contribution is 5.89. The number of halogens is 1. The van der Waals surface area contributed by atoms with E-state index in [-0.39, 0.29) is 29.8 Å². The lowest BCUT2D eigenvalue weighted by Crippen LogP contribution is -2.76. The minimum Gasteiger partial charge on any atom is -0.378 e. The number of benzene rings is 1. The second-order valence-corrected chi connectivity index (χ2v) is 8.38. The molecule has 4 atom stereocenters. The summed E-state index contributed by atoms with van der Waals surface area (Å²) in [5.74, 6) is 1.06. The van der Waals surface area contributed by atoms with Crippen molar-refractivity contribution in [2.75, 3.05) is 19.7 Å². The smallest absolute Gasteiger partial charge is 0.243 e. The summed E-state index contributed by atoms with van der Waals surface area (Å²) in [4.78, 5) is 15.2. The maximum atomic E-state index is 13.2. The summed E-state index contributed by atoms with van der Waals surface area (Å²) in [6.07, 6.45) is 1.70. The van der Waals surface area contributed by atoms with Gasteiger partial charge in [-0.15, -0.1) is 12.4 Å². The van der Waals surface area contributed by atoms with Crippen molar-refractivity contribution in [3.8, 4) is 0 Å². The van der Waals surface area contributed by atoms with E-state index in [9.17, 15) is 4.79 Å². The Morgan fingerprint density at radius 1 is 1.31 bits per heavy atom. The van der Waals surface area contributed by atoms with Crippen LogP contribution in [0.25, 0.3) is 0 Å². The van der Waals surface area contributed by atoms with Crippen molar-refractivity contribution in [3.05, 3.63) is 35.9 Å². The van der Waals surface area contributed by atoms with Crippen LogP contribution < -0.4 is 5.73 Å². The van der Waals surface area contributed by atoms with Crippen molar-refractivity contribution in [3.63, 3.8) is 0 Å². The predicted octanol–water partition coefficient (Wildman–Crippen LogP) is 3.59. The summed E-state index contributed by atoms with van der Waals surface area (Å²) in [6, 6.07) is 10.6. The highest BCUT2D eigenvalue weighted by Gasteiger charge is 2.63. The molecule has 0 bridgehead atoms. The molecule has 2 fully saturated rings. The number of nitrogens with two attached hydrogens (primary N) is 1. The summed E-state index contributed by atoms with van der Waals surface area (Å²) < 4.78 is 5.77. The molecule has 5 heteroatoms. The standard InChI is InChI=1S/C21H32N2O2.ClH/c1-5-25-18-13-21(22,20(18,3)4)19(24)23-12-11-17(15(2)14-23)16-9-7-6-8-10-16;/h6-10,15,17-18H,5,11-14,22H2,1-4H3;1H. The number of hydrogen-bond donors (Lipinski definition) is 1. The van der Waals surface area contributed by atoms with E-state index in [0.717, 1.165) is 19.5 Å². The number of nitrogens with zero attached hydrogens (tertiary/aromatic N) is 1.